The molecule has 0 aromatic carbocycles. The molecule has 0 rings (SSSR count). The van der Waals surface area contributed by atoms with E-state index in [2.05, 4.69) is 56.8 Å². The van der Waals surface area contributed by atoms with E-state index in [4.69, 9.17) is 9.84 Å². The molecule has 3 radical (unpaired) electrons. The number of aliphatic hydroxyl groups is 1. The van der Waals surface area contributed by atoms with Gasteiger partial charge >= 0.3 is 0 Å². The molecule has 20 heavy (non-hydrogen) atoms. The minimum Gasteiger partial charge on any atom is -0.394 e. The van der Waals surface area contributed by atoms with Crippen LogP contribution in [0.4, 0.5) is 0 Å². The molecule has 0 amide bonds. The van der Waals surface area contributed by atoms with Crippen molar-refractivity contribution in [3.05, 3.63) is 19.3 Å². The first-order valence-corrected chi connectivity index (χ1v) is 7.68. The Kier molecular flexibility index (Phi) is 13.7. The summed E-state index contributed by atoms with van der Waals surface area (Å²) in [5, 5.41) is 8.76. The van der Waals surface area contributed by atoms with Crippen molar-refractivity contribution in [2.45, 2.75) is 33.7 Å². The number of hydrogen-bond acceptors (Lipinski definition) is 4. The molecular formula is C16H33N2O2. The minimum absolute atomic E-state index is 0.0963. The second kappa shape index (κ2) is 13.8. The van der Waals surface area contributed by atoms with Gasteiger partial charge in [0.2, 0.25) is 0 Å². The summed E-state index contributed by atoms with van der Waals surface area (Å²) in [7, 11) is 0. The summed E-state index contributed by atoms with van der Waals surface area (Å²) in [6, 6.07) is 0.371. The SMILES string of the molecule is C[CH]CN(C[CH]C)CCN(C[CH]C)C(C)COCCO. The maximum atomic E-state index is 8.76. The summed E-state index contributed by atoms with van der Waals surface area (Å²) in [5.74, 6) is 0. The largest absolute Gasteiger partial charge is 0.394 e. The van der Waals surface area contributed by atoms with Gasteiger partial charge < -0.3 is 14.7 Å². The second-order valence-electron chi connectivity index (χ2n) is 5.13. The zero-order valence-corrected chi connectivity index (χ0v) is 13.7. The summed E-state index contributed by atoms with van der Waals surface area (Å²) in [6.07, 6.45) is 6.59. The van der Waals surface area contributed by atoms with Gasteiger partial charge in [-0.3, -0.25) is 4.90 Å². The Morgan fingerprint density at radius 3 is 2.10 bits per heavy atom. The Labute approximate surface area is 126 Å². The van der Waals surface area contributed by atoms with Gasteiger partial charge in [0.05, 0.1) is 19.8 Å². The number of aliphatic hydroxyl groups excluding tert-OH is 1. The molecule has 0 heterocycles. The molecule has 1 unspecified atom stereocenters. The number of ether oxygens (including phenoxy) is 1. The van der Waals surface area contributed by atoms with Crippen LogP contribution in [-0.2, 0) is 4.74 Å². The van der Waals surface area contributed by atoms with Gasteiger partial charge in [-0.15, -0.1) is 0 Å². The van der Waals surface area contributed by atoms with Crippen molar-refractivity contribution >= 4 is 0 Å². The topological polar surface area (TPSA) is 35.9 Å². The molecule has 4 heteroatoms. The molecule has 0 aliphatic heterocycles. The fourth-order valence-corrected chi connectivity index (χ4v) is 2.19. The van der Waals surface area contributed by atoms with Crippen LogP contribution in [0.25, 0.3) is 0 Å². The van der Waals surface area contributed by atoms with Crippen LogP contribution in [0, 0.1) is 19.3 Å². The van der Waals surface area contributed by atoms with Gasteiger partial charge in [-0.25, -0.2) is 0 Å². The Bertz CT molecular complexity index is 197. The Morgan fingerprint density at radius 1 is 1.00 bits per heavy atom. The van der Waals surface area contributed by atoms with E-state index in [-0.39, 0.29) is 6.61 Å². The zero-order valence-electron chi connectivity index (χ0n) is 13.7. The first kappa shape index (κ1) is 19.8. The third-order valence-corrected chi connectivity index (χ3v) is 3.22. The molecule has 0 fully saturated rings. The van der Waals surface area contributed by atoms with Crippen molar-refractivity contribution in [3.8, 4) is 0 Å². The van der Waals surface area contributed by atoms with Crippen LogP contribution in [-0.4, -0.2) is 73.5 Å². The molecule has 119 valence electrons. The molecule has 0 aliphatic carbocycles. The van der Waals surface area contributed by atoms with Crippen LogP contribution in [0.3, 0.4) is 0 Å². The van der Waals surface area contributed by atoms with Crippen molar-refractivity contribution in [1.82, 2.24) is 9.80 Å². The van der Waals surface area contributed by atoms with Crippen LogP contribution >= 0.6 is 0 Å². The highest BCUT2D eigenvalue weighted by atomic mass is 16.5. The molecule has 0 aliphatic rings. The van der Waals surface area contributed by atoms with Crippen molar-refractivity contribution in [2.24, 2.45) is 0 Å². The molecule has 0 aromatic rings. The lowest BCUT2D eigenvalue weighted by atomic mass is 10.2. The standard InChI is InChI=1S/C16H33N2O2/c1-5-8-17(9-6-2)11-12-18(10-7-3)16(4)15-20-14-13-19/h5-7,16,19H,8-15H2,1-4H3. The Morgan fingerprint density at radius 2 is 1.60 bits per heavy atom. The van der Waals surface area contributed by atoms with Crippen molar-refractivity contribution in [1.29, 1.82) is 0 Å². The van der Waals surface area contributed by atoms with Crippen LogP contribution < -0.4 is 0 Å². The summed E-state index contributed by atoms with van der Waals surface area (Å²) in [5.41, 5.74) is 0. The van der Waals surface area contributed by atoms with Gasteiger partial charge in [-0.05, 0) is 26.2 Å². The van der Waals surface area contributed by atoms with Gasteiger partial charge in [-0.2, -0.15) is 0 Å². The van der Waals surface area contributed by atoms with E-state index < -0.39 is 0 Å². The van der Waals surface area contributed by atoms with Gasteiger partial charge in [0, 0.05) is 38.8 Å². The first-order chi connectivity index (χ1) is 9.69. The maximum Gasteiger partial charge on any atom is 0.0698 e. The zero-order chi connectivity index (χ0) is 15.2. The Balaban J connectivity index is 4.14. The van der Waals surface area contributed by atoms with E-state index in [1.807, 2.05) is 0 Å². The van der Waals surface area contributed by atoms with E-state index in [1.165, 1.54) is 0 Å². The average molecular weight is 285 g/mol. The Hall–Kier alpha value is -0.160. The predicted molar refractivity (Wildman–Crippen MR) is 85.3 cm³/mol. The van der Waals surface area contributed by atoms with Gasteiger partial charge in [0.15, 0.2) is 0 Å². The van der Waals surface area contributed by atoms with E-state index in [0.717, 1.165) is 32.7 Å². The summed E-state index contributed by atoms with van der Waals surface area (Å²) in [6.45, 7) is 14.8. The van der Waals surface area contributed by atoms with E-state index in [1.54, 1.807) is 0 Å². The highest BCUT2D eigenvalue weighted by molar-refractivity contribution is 4.77. The monoisotopic (exact) mass is 285 g/mol. The molecule has 0 saturated carbocycles. The molecule has 0 saturated heterocycles. The number of rotatable bonds is 14. The molecule has 1 N–H and O–H groups in total. The quantitative estimate of drug-likeness (QED) is 0.492. The number of hydrogen-bond donors (Lipinski definition) is 1. The van der Waals surface area contributed by atoms with Crippen LogP contribution in [0.1, 0.15) is 27.7 Å². The lowest BCUT2D eigenvalue weighted by Gasteiger charge is -2.31. The summed E-state index contributed by atoms with van der Waals surface area (Å²) in [4.78, 5) is 4.86. The third kappa shape index (κ3) is 9.70. The lowest BCUT2D eigenvalue weighted by molar-refractivity contribution is 0.0456. The highest BCUT2D eigenvalue weighted by Gasteiger charge is 2.14. The number of nitrogens with zero attached hydrogens (tertiary/aromatic N) is 2. The van der Waals surface area contributed by atoms with Crippen molar-refractivity contribution in [2.75, 3.05) is 52.5 Å². The van der Waals surface area contributed by atoms with Gasteiger partial charge in [-0.1, -0.05) is 20.8 Å². The van der Waals surface area contributed by atoms with Gasteiger partial charge in [0.1, 0.15) is 0 Å². The second-order valence-corrected chi connectivity index (χ2v) is 5.13. The van der Waals surface area contributed by atoms with E-state index >= 15 is 0 Å². The fourth-order valence-electron chi connectivity index (χ4n) is 2.19. The third-order valence-electron chi connectivity index (χ3n) is 3.22. The van der Waals surface area contributed by atoms with Crippen LogP contribution in [0.2, 0.25) is 0 Å². The smallest absolute Gasteiger partial charge is 0.0698 e. The molecular weight excluding hydrogens is 252 g/mol. The minimum atomic E-state index is 0.0963. The predicted octanol–water partition coefficient (Wildman–Crippen LogP) is 1.66. The highest BCUT2D eigenvalue weighted by Crippen LogP contribution is 2.03. The molecule has 4 nitrogen and oxygen atoms in total. The van der Waals surface area contributed by atoms with Crippen LogP contribution in [0.5, 0.6) is 0 Å². The maximum absolute atomic E-state index is 8.76. The average Bonchev–Trinajstić information content (AvgIpc) is 2.43. The summed E-state index contributed by atoms with van der Waals surface area (Å²) < 4.78 is 5.44. The lowest BCUT2D eigenvalue weighted by Crippen LogP contribution is -2.43. The molecule has 1 atom stereocenters. The summed E-state index contributed by atoms with van der Waals surface area (Å²) >= 11 is 0. The molecule has 0 spiro atoms. The first-order valence-electron chi connectivity index (χ1n) is 7.68. The van der Waals surface area contributed by atoms with Crippen molar-refractivity contribution in [3.63, 3.8) is 0 Å². The van der Waals surface area contributed by atoms with Crippen LogP contribution in [0.15, 0.2) is 0 Å². The van der Waals surface area contributed by atoms with E-state index in [9.17, 15) is 0 Å². The molecule has 0 bridgehead atoms. The van der Waals surface area contributed by atoms with Gasteiger partial charge in [0.25, 0.3) is 0 Å². The van der Waals surface area contributed by atoms with E-state index in [0.29, 0.717) is 19.3 Å². The fraction of sp³-hybridized carbons (Fsp3) is 0.812. The molecule has 0 aromatic heterocycles. The normalized spacial score (nSPS) is 13.3. The van der Waals surface area contributed by atoms with Crippen molar-refractivity contribution < 1.29 is 9.84 Å².